The fraction of sp³-hybridized carbons (Fsp3) is 0.353. The van der Waals surface area contributed by atoms with Crippen LogP contribution in [-0.2, 0) is 14.8 Å². The summed E-state index contributed by atoms with van der Waals surface area (Å²) in [6.07, 6.45) is 2.78. The van der Waals surface area contributed by atoms with Crippen molar-refractivity contribution in [3.8, 4) is 0 Å². The lowest BCUT2D eigenvalue weighted by Crippen LogP contribution is -2.47. The van der Waals surface area contributed by atoms with Crippen molar-refractivity contribution in [1.29, 1.82) is 0 Å². The van der Waals surface area contributed by atoms with Gasteiger partial charge >= 0.3 is 0 Å². The molecule has 6 nitrogen and oxygen atoms in total. The van der Waals surface area contributed by atoms with Crippen molar-refractivity contribution in [3.63, 3.8) is 0 Å². The molecule has 128 valence electrons. The average Bonchev–Trinajstić information content (AvgIpc) is 3.06. The summed E-state index contributed by atoms with van der Waals surface area (Å²) in [7, 11) is -3.69. The summed E-state index contributed by atoms with van der Waals surface area (Å²) >= 11 is 0. The van der Waals surface area contributed by atoms with Crippen LogP contribution < -0.4 is 0 Å². The van der Waals surface area contributed by atoms with Gasteiger partial charge in [-0.25, -0.2) is 12.4 Å². The van der Waals surface area contributed by atoms with E-state index in [9.17, 15) is 13.2 Å². The van der Waals surface area contributed by atoms with E-state index < -0.39 is 10.0 Å². The van der Waals surface area contributed by atoms with Crippen LogP contribution in [0.4, 0.5) is 0 Å². The van der Waals surface area contributed by atoms with Crippen molar-refractivity contribution < 1.29 is 17.9 Å². The molecule has 1 aromatic heterocycles. The highest BCUT2D eigenvalue weighted by Crippen LogP contribution is 2.18. The SMILES string of the molecule is Cc1ccc(S(=O)(=O)n2ccc(C(=O)N3CCOC[C@H]3C)c2)cc1. The molecule has 0 radical (unpaired) electrons. The predicted octanol–water partition coefficient (Wildman–Crippen LogP) is 1.89. The normalized spacial score (nSPS) is 18.6. The van der Waals surface area contributed by atoms with E-state index in [0.717, 1.165) is 9.54 Å². The summed E-state index contributed by atoms with van der Waals surface area (Å²) in [4.78, 5) is 14.5. The van der Waals surface area contributed by atoms with Gasteiger partial charge in [-0.3, -0.25) is 4.79 Å². The van der Waals surface area contributed by atoms with Gasteiger partial charge in [-0.15, -0.1) is 0 Å². The molecular weight excluding hydrogens is 328 g/mol. The van der Waals surface area contributed by atoms with Crippen LogP contribution in [0.5, 0.6) is 0 Å². The van der Waals surface area contributed by atoms with Crippen molar-refractivity contribution in [1.82, 2.24) is 8.87 Å². The number of hydrogen-bond donors (Lipinski definition) is 0. The lowest BCUT2D eigenvalue weighted by Gasteiger charge is -2.33. The number of benzene rings is 1. The molecule has 0 aliphatic carbocycles. The summed E-state index contributed by atoms with van der Waals surface area (Å²) in [5.74, 6) is -0.177. The van der Waals surface area contributed by atoms with Crippen LogP contribution in [0, 0.1) is 6.92 Å². The van der Waals surface area contributed by atoms with Crippen LogP contribution >= 0.6 is 0 Å². The Morgan fingerprint density at radius 2 is 1.92 bits per heavy atom. The second-order valence-electron chi connectivity index (χ2n) is 5.97. The van der Waals surface area contributed by atoms with Crippen molar-refractivity contribution in [2.45, 2.75) is 24.8 Å². The topological polar surface area (TPSA) is 68.6 Å². The molecule has 2 aromatic rings. The van der Waals surface area contributed by atoms with Crippen LogP contribution in [0.3, 0.4) is 0 Å². The number of amides is 1. The summed E-state index contributed by atoms with van der Waals surface area (Å²) in [5, 5.41) is 0. The number of aryl methyl sites for hydroxylation is 1. The van der Waals surface area contributed by atoms with Gasteiger partial charge < -0.3 is 9.64 Å². The highest BCUT2D eigenvalue weighted by Gasteiger charge is 2.26. The fourth-order valence-corrected chi connectivity index (χ4v) is 3.88. The molecule has 1 saturated heterocycles. The molecule has 1 aliphatic heterocycles. The molecule has 0 bridgehead atoms. The summed E-state index contributed by atoms with van der Waals surface area (Å²) in [6.45, 7) is 5.31. The van der Waals surface area contributed by atoms with Gasteiger partial charge in [-0.1, -0.05) is 17.7 Å². The zero-order chi connectivity index (χ0) is 17.3. The van der Waals surface area contributed by atoms with Gasteiger partial charge in [0.15, 0.2) is 0 Å². The van der Waals surface area contributed by atoms with Gasteiger partial charge in [0.05, 0.1) is 29.7 Å². The molecule has 1 atom stereocenters. The van der Waals surface area contributed by atoms with Crippen LogP contribution in [0.25, 0.3) is 0 Å². The van der Waals surface area contributed by atoms with E-state index >= 15 is 0 Å². The first-order valence-electron chi connectivity index (χ1n) is 7.78. The highest BCUT2D eigenvalue weighted by molar-refractivity contribution is 7.90. The molecule has 24 heavy (non-hydrogen) atoms. The second-order valence-corrected chi connectivity index (χ2v) is 7.81. The first-order chi connectivity index (χ1) is 11.4. The molecule has 0 unspecified atom stereocenters. The lowest BCUT2D eigenvalue weighted by atomic mass is 10.2. The van der Waals surface area contributed by atoms with Gasteiger partial charge in [0.25, 0.3) is 15.9 Å². The summed E-state index contributed by atoms with van der Waals surface area (Å²) < 4.78 is 31.7. The molecule has 7 heteroatoms. The van der Waals surface area contributed by atoms with Gasteiger partial charge in [-0.2, -0.15) is 0 Å². The number of carbonyl (C=O) groups excluding carboxylic acids is 1. The van der Waals surface area contributed by atoms with Crippen LogP contribution in [0.15, 0.2) is 47.6 Å². The predicted molar refractivity (Wildman–Crippen MR) is 89.5 cm³/mol. The largest absolute Gasteiger partial charge is 0.377 e. The molecule has 1 amide bonds. The fourth-order valence-electron chi connectivity index (χ4n) is 2.68. The minimum absolute atomic E-state index is 0.0247. The Bertz CT molecular complexity index is 840. The van der Waals surface area contributed by atoms with E-state index in [1.807, 2.05) is 13.8 Å². The molecule has 3 rings (SSSR count). The van der Waals surface area contributed by atoms with Crippen molar-refractivity contribution in [2.75, 3.05) is 19.8 Å². The van der Waals surface area contributed by atoms with Crippen LogP contribution in [-0.4, -0.2) is 49.0 Å². The van der Waals surface area contributed by atoms with Gasteiger partial charge in [0.1, 0.15) is 0 Å². The number of ether oxygens (including phenoxy) is 1. The summed E-state index contributed by atoms with van der Waals surface area (Å²) in [5.41, 5.74) is 1.35. The van der Waals surface area contributed by atoms with Gasteiger partial charge in [0, 0.05) is 18.9 Å². The zero-order valence-electron chi connectivity index (χ0n) is 13.7. The van der Waals surface area contributed by atoms with E-state index in [4.69, 9.17) is 4.74 Å². The third-order valence-corrected chi connectivity index (χ3v) is 5.79. The summed E-state index contributed by atoms with van der Waals surface area (Å²) in [6, 6.07) is 8.14. The van der Waals surface area contributed by atoms with E-state index in [0.29, 0.717) is 25.3 Å². The third kappa shape index (κ3) is 3.09. The number of morpholine rings is 1. The van der Waals surface area contributed by atoms with Gasteiger partial charge in [-0.05, 0) is 32.0 Å². The maximum Gasteiger partial charge on any atom is 0.267 e. The minimum atomic E-state index is -3.69. The Morgan fingerprint density at radius 1 is 1.21 bits per heavy atom. The molecule has 0 saturated carbocycles. The Labute approximate surface area is 141 Å². The lowest BCUT2D eigenvalue weighted by molar-refractivity contribution is 0.00360. The number of nitrogens with zero attached hydrogens (tertiary/aromatic N) is 2. The second kappa shape index (κ2) is 6.41. The highest BCUT2D eigenvalue weighted by atomic mass is 32.2. The Morgan fingerprint density at radius 3 is 2.58 bits per heavy atom. The first kappa shape index (κ1) is 16.7. The number of rotatable bonds is 3. The standard InChI is InChI=1S/C17H20N2O4S/c1-13-3-5-16(6-4-13)24(21,22)18-8-7-15(11-18)17(20)19-9-10-23-12-14(19)2/h3-8,11,14H,9-10,12H2,1-2H3/t14-/m1/s1. The van der Waals surface area contributed by atoms with Gasteiger partial charge in [0.2, 0.25) is 0 Å². The molecule has 1 aromatic carbocycles. The number of carbonyl (C=O) groups is 1. The third-order valence-electron chi connectivity index (χ3n) is 4.14. The Balaban J connectivity index is 1.87. The van der Waals surface area contributed by atoms with E-state index in [2.05, 4.69) is 0 Å². The Kier molecular flexibility index (Phi) is 4.47. The van der Waals surface area contributed by atoms with Crippen molar-refractivity contribution in [3.05, 3.63) is 53.9 Å². The van der Waals surface area contributed by atoms with E-state index in [-0.39, 0.29) is 16.8 Å². The Hall–Kier alpha value is -2.12. The quantitative estimate of drug-likeness (QED) is 0.849. The molecular formula is C17H20N2O4S. The average molecular weight is 348 g/mol. The first-order valence-corrected chi connectivity index (χ1v) is 9.22. The smallest absolute Gasteiger partial charge is 0.267 e. The van der Waals surface area contributed by atoms with E-state index in [1.165, 1.54) is 18.5 Å². The number of aromatic nitrogens is 1. The van der Waals surface area contributed by atoms with E-state index in [1.54, 1.807) is 29.2 Å². The van der Waals surface area contributed by atoms with Crippen molar-refractivity contribution >= 4 is 15.9 Å². The number of hydrogen-bond acceptors (Lipinski definition) is 4. The van der Waals surface area contributed by atoms with Crippen molar-refractivity contribution in [2.24, 2.45) is 0 Å². The maximum atomic E-state index is 12.6. The molecule has 1 fully saturated rings. The molecule has 1 aliphatic rings. The minimum Gasteiger partial charge on any atom is -0.377 e. The molecule has 0 N–H and O–H groups in total. The molecule has 0 spiro atoms. The van der Waals surface area contributed by atoms with Crippen LogP contribution in [0.1, 0.15) is 22.8 Å². The maximum absolute atomic E-state index is 12.6. The van der Waals surface area contributed by atoms with Crippen LogP contribution in [0.2, 0.25) is 0 Å². The monoisotopic (exact) mass is 348 g/mol. The zero-order valence-corrected chi connectivity index (χ0v) is 14.5. The molecule has 2 heterocycles.